The molecule has 3 fully saturated rings. The zero-order valence-electron chi connectivity index (χ0n) is 36.8. The Morgan fingerprint density at radius 1 is 1.13 bits per heavy atom. The van der Waals surface area contributed by atoms with Gasteiger partial charge < -0.3 is 34.5 Å². The predicted octanol–water partition coefficient (Wildman–Crippen LogP) is 5.86. The third-order valence-electron chi connectivity index (χ3n) is 13.7. The maximum absolute atomic E-state index is 15.3. The Hall–Kier alpha value is -4.81. The van der Waals surface area contributed by atoms with Crippen molar-refractivity contribution in [3.8, 4) is 17.5 Å². The summed E-state index contributed by atoms with van der Waals surface area (Å²) in [5, 5.41) is 6.28. The fourth-order valence-electron chi connectivity index (χ4n) is 8.79. The van der Waals surface area contributed by atoms with E-state index in [1.807, 2.05) is 19.9 Å². The maximum Gasteiger partial charge on any atom is 0.408 e. The number of alkyl halides is 2. The molecule has 7 rings (SSSR count). The first kappa shape index (κ1) is 46.2. The van der Waals surface area contributed by atoms with Gasteiger partial charge >= 0.3 is 6.09 Å². The molecule has 4 amide bonds. The number of benzene rings is 1. The summed E-state index contributed by atoms with van der Waals surface area (Å²) in [6, 6.07) is 0.0441. The minimum Gasteiger partial charge on any atom is -0.494 e. The van der Waals surface area contributed by atoms with Crippen LogP contribution in [0.2, 0.25) is 0 Å². The molecule has 3 N–H and O–H groups in total. The number of hydrogen-bond donors (Lipinski definition) is 3. The van der Waals surface area contributed by atoms with Gasteiger partial charge in [-0.2, -0.15) is 4.98 Å². The molecule has 1 aromatic heterocycles. The number of aryl methyl sites for hydroxylation is 1. The number of methoxy groups -OCH3 is 1. The number of fused-ring (bicyclic) bond motifs is 5. The van der Waals surface area contributed by atoms with Gasteiger partial charge in [-0.3, -0.25) is 19.1 Å². The third kappa shape index (κ3) is 9.12. The van der Waals surface area contributed by atoms with E-state index in [0.29, 0.717) is 75.7 Å². The number of amides is 4. The summed E-state index contributed by atoms with van der Waals surface area (Å²) in [7, 11) is -2.75. The van der Waals surface area contributed by atoms with E-state index < -0.39 is 91.5 Å². The largest absolute Gasteiger partial charge is 0.494 e. The summed E-state index contributed by atoms with van der Waals surface area (Å²) in [6.07, 6.45) is 5.38. The van der Waals surface area contributed by atoms with Gasteiger partial charge in [0.05, 0.1) is 25.0 Å². The molecular formula is C44H58F3N5O10S. The van der Waals surface area contributed by atoms with Crippen molar-refractivity contribution in [2.45, 2.75) is 146 Å². The van der Waals surface area contributed by atoms with Crippen LogP contribution < -0.4 is 29.6 Å². The van der Waals surface area contributed by atoms with Crippen LogP contribution in [0.25, 0.3) is 10.8 Å². The normalized spacial score (nSPS) is 29.0. The average Bonchev–Trinajstić information content (AvgIpc) is 4.09. The molecule has 7 atom stereocenters. The van der Waals surface area contributed by atoms with Gasteiger partial charge in [-0.1, -0.05) is 32.4 Å². The number of carbonyl (C=O) groups is 4. The summed E-state index contributed by atoms with van der Waals surface area (Å²) >= 11 is 0. The van der Waals surface area contributed by atoms with E-state index in [-0.39, 0.29) is 42.8 Å². The Kier molecular flexibility index (Phi) is 12.4. The van der Waals surface area contributed by atoms with Gasteiger partial charge in [-0.25, -0.2) is 26.4 Å². The molecule has 346 valence electrons. The number of aromatic nitrogens is 1. The molecule has 2 aromatic rings. The topological polar surface area (TPSA) is 192 Å². The minimum atomic E-state index is -4.10. The number of carbonyl (C=O) groups excluding carboxylic acids is 4. The Labute approximate surface area is 365 Å². The number of allylic oxidation sites excluding steroid dienone is 1. The molecule has 1 aromatic carbocycles. The van der Waals surface area contributed by atoms with E-state index in [1.165, 1.54) is 24.1 Å². The number of rotatable bonds is 10. The molecule has 0 unspecified atom stereocenters. The van der Waals surface area contributed by atoms with E-state index in [9.17, 15) is 31.6 Å². The Bertz CT molecular complexity index is 2300. The highest BCUT2D eigenvalue weighted by Gasteiger charge is 2.63. The van der Waals surface area contributed by atoms with Crippen molar-refractivity contribution in [2.75, 3.05) is 20.3 Å². The second kappa shape index (κ2) is 17.0. The van der Waals surface area contributed by atoms with Gasteiger partial charge in [0.1, 0.15) is 23.7 Å². The quantitative estimate of drug-likeness (QED) is 0.242. The number of hydrogen-bond acceptors (Lipinski definition) is 11. The lowest BCUT2D eigenvalue weighted by molar-refractivity contribution is -0.152. The number of sulfonamides is 1. The van der Waals surface area contributed by atoms with E-state index in [4.69, 9.17) is 18.9 Å². The molecule has 1 saturated heterocycles. The average molecular weight is 906 g/mol. The molecular weight excluding hydrogens is 848 g/mol. The van der Waals surface area contributed by atoms with Crippen LogP contribution in [0.4, 0.5) is 18.0 Å². The number of halogens is 3. The summed E-state index contributed by atoms with van der Waals surface area (Å²) in [5.74, 6) is -7.43. The number of ether oxygens (including phenoxy) is 4. The van der Waals surface area contributed by atoms with Crippen LogP contribution >= 0.6 is 0 Å². The highest BCUT2D eigenvalue weighted by molar-refractivity contribution is 7.91. The van der Waals surface area contributed by atoms with Crippen LogP contribution in [-0.2, 0) is 35.6 Å². The zero-order chi connectivity index (χ0) is 45.9. The van der Waals surface area contributed by atoms with Crippen LogP contribution in [0.15, 0.2) is 24.3 Å². The van der Waals surface area contributed by atoms with Crippen LogP contribution in [0.3, 0.4) is 0 Å². The molecule has 2 saturated carbocycles. The fraction of sp³-hybridized carbons (Fsp3) is 0.659. The lowest BCUT2D eigenvalue weighted by atomic mass is 9.85. The van der Waals surface area contributed by atoms with Crippen molar-refractivity contribution in [1.82, 2.24) is 25.2 Å². The second-order valence-electron chi connectivity index (χ2n) is 18.7. The van der Waals surface area contributed by atoms with Crippen molar-refractivity contribution in [3.63, 3.8) is 0 Å². The van der Waals surface area contributed by atoms with Gasteiger partial charge in [0.2, 0.25) is 33.6 Å². The van der Waals surface area contributed by atoms with Gasteiger partial charge in [-0.15, -0.1) is 0 Å². The number of nitrogens with one attached hydrogen (secondary N) is 3. The minimum absolute atomic E-state index is 0.00500. The van der Waals surface area contributed by atoms with E-state index >= 15 is 9.18 Å². The first-order valence-corrected chi connectivity index (χ1v) is 23.2. The van der Waals surface area contributed by atoms with Gasteiger partial charge in [-0.05, 0) is 101 Å². The lowest BCUT2D eigenvalue weighted by Crippen LogP contribution is -2.60. The van der Waals surface area contributed by atoms with Gasteiger partial charge in [0.15, 0.2) is 17.2 Å². The second-order valence-corrected chi connectivity index (χ2v) is 20.9. The highest BCUT2D eigenvalue weighted by atomic mass is 32.2. The summed E-state index contributed by atoms with van der Waals surface area (Å²) in [6.45, 7) is 8.20. The Balaban J connectivity index is 1.27. The van der Waals surface area contributed by atoms with Crippen LogP contribution in [0.1, 0.15) is 105 Å². The zero-order valence-corrected chi connectivity index (χ0v) is 37.6. The van der Waals surface area contributed by atoms with E-state index in [0.717, 1.165) is 19.4 Å². The van der Waals surface area contributed by atoms with Crippen molar-refractivity contribution in [1.29, 1.82) is 0 Å². The first-order chi connectivity index (χ1) is 29.5. The van der Waals surface area contributed by atoms with Crippen LogP contribution in [0.5, 0.6) is 17.5 Å². The molecule has 5 aliphatic rings. The fourth-order valence-corrected chi connectivity index (χ4v) is 10.1. The molecule has 0 spiro atoms. The van der Waals surface area contributed by atoms with Crippen molar-refractivity contribution >= 4 is 44.6 Å². The predicted molar refractivity (Wildman–Crippen MR) is 224 cm³/mol. The third-order valence-corrected chi connectivity index (χ3v) is 15.8. The number of pyridine rings is 1. The summed E-state index contributed by atoms with van der Waals surface area (Å²) < 4.78 is 95.0. The first-order valence-electron chi connectivity index (χ1n) is 21.8. The molecule has 2 aliphatic carbocycles. The Morgan fingerprint density at radius 2 is 1.86 bits per heavy atom. The SMILES string of the molecule is CC[C@@H]1C[C@H](C)CC/C=C\[C@@H]2C[C@@]2(C(=O)NS(=O)(=O)C2(C)CC2)NC(=O)[C@@H]2C[C@@H](Oc3nc4c(c5cc(OC)c(F)cc35)CCCO4)CN2C(=O)[C@H]1NC(=O)OC(C)(C)C(C)(F)F. The summed E-state index contributed by atoms with van der Waals surface area (Å²) in [5.41, 5.74) is -3.19. The standard InChI is InChI=1S/C44H58F3N5O10S/c1-8-25-18-24(2)12-9-10-13-26-22-44(26,39(55)51-63(57,58)42(5)15-16-42)50-35(53)32-19-27(23-52(32)38(54)34(25)48-40(56)62-41(3,4)43(6,46)47)61-37-30-20-31(45)33(59-7)21-29(30)28-14-11-17-60-36(28)49-37/h10,13,20-21,24-27,32,34H,8-9,11-12,14-19,22-23H2,1-7H3,(H,48,56)(H,50,53)(H,51,55)/b13-10-/t24-,25-,26-,27-,32+,34+,44-/m1/s1. The molecule has 3 aliphatic heterocycles. The monoisotopic (exact) mass is 905 g/mol. The molecule has 63 heavy (non-hydrogen) atoms. The number of nitrogens with zero attached hydrogens (tertiary/aromatic N) is 2. The molecule has 0 bridgehead atoms. The lowest BCUT2D eigenvalue weighted by Gasteiger charge is -2.35. The van der Waals surface area contributed by atoms with Gasteiger partial charge in [0, 0.05) is 30.2 Å². The smallest absolute Gasteiger partial charge is 0.408 e. The van der Waals surface area contributed by atoms with Crippen molar-refractivity contribution < 1.29 is 59.7 Å². The molecule has 0 radical (unpaired) electrons. The van der Waals surface area contributed by atoms with Crippen LogP contribution in [-0.4, -0.2) is 102 Å². The van der Waals surface area contributed by atoms with E-state index in [2.05, 4.69) is 20.3 Å². The van der Waals surface area contributed by atoms with Crippen molar-refractivity contribution in [3.05, 3.63) is 35.7 Å². The van der Waals surface area contributed by atoms with Crippen LogP contribution in [0, 0.1) is 23.6 Å². The van der Waals surface area contributed by atoms with E-state index in [1.54, 1.807) is 13.0 Å². The van der Waals surface area contributed by atoms with Crippen molar-refractivity contribution in [2.24, 2.45) is 17.8 Å². The molecule has 19 heteroatoms. The highest BCUT2D eigenvalue weighted by Crippen LogP contribution is 2.48. The van der Waals surface area contributed by atoms with Gasteiger partial charge in [0.25, 0.3) is 11.8 Å². The maximum atomic E-state index is 15.3. The summed E-state index contributed by atoms with van der Waals surface area (Å²) in [4.78, 5) is 63.3. The Morgan fingerprint density at radius 3 is 2.52 bits per heavy atom. The molecule has 4 heterocycles. The molecule has 15 nitrogen and oxygen atoms in total. The number of alkyl carbamates (subject to hydrolysis) is 1.